The van der Waals surface area contributed by atoms with Crippen molar-refractivity contribution in [2.24, 2.45) is 11.7 Å². The Morgan fingerprint density at radius 1 is 1.13 bits per heavy atom. The number of sulfone groups is 1. The zero-order chi connectivity index (χ0) is 17.3. The Morgan fingerprint density at radius 3 is 2.48 bits per heavy atom. The molecule has 0 aliphatic carbocycles. The van der Waals surface area contributed by atoms with Crippen LogP contribution in [0.25, 0.3) is 0 Å². The molecule has 0 saturated heterocycles. The van der Waals surface area contributed by atoms with E-state index in [0.717, 1.165) is 32.1 Å². The van der Waals surface area contributed by atoms with Crippen molar-refractivity contribution in [2.75, 3.05) is 12.3 Å². The molecular formula is C18H31NO3S. The van der Waals surface area contributed by atoms with Crippen molar-refractivity contribution in [3.8, 4) is 0 Å². The average molecular weight is 342 g/mol. The molecule has 0 heterocycles. The van der Waals surface area contributed by atoms with Gasteiger partial charge in [0.05, 0.1) is 16.8 Å². The minimum atomic E-state index is -3.33. The first-order chi connectivity index (χ1) is 10.9. The zero-order valence-corrected chi connectivity index (χ0v) is 15.2. The van der Waals surface area contributed by atoms with E-state index in [2.05, 4.69) is 13.8 Å². The highest BCUT2D eigenvalue weighted by molar-refractivity contribution is 7.91. The van der Waals surface area contributed by atoms with Crippen LogP contribution >= 0.6 is 0 Å². The SMILES string of the molecule is CCCC[C@H](CCC)CS(=O)(=O)c1cccc([C@H](O)CCN)c1. The molecule has 0 unspecified atom stereocenters. The van der Waals surface area contributed by atoms with Crippen LogP contribution in [0.3, 0.4) is 0 Å². The van der Waals surface area contributed by atoms with Gasteiger partial charge in [0.2, 0.25) is 0 Å². The highest BCUT2D eigenvalue weighted by Gasteiger charge is 2.21. The van der Waals surface area contributed by atoms with E-state index >= 15 is 0 Å². The molecular weight excluding hydrogens is 310 g/mol. The van der Waals surface area contributed by atoms with Crippen LogP contribution in [0.2, 0.25) is 0 Å². The van der Waals surface area contributed by atoms with Crippen LogP contribution in [0.5, 0.6) is 0 Å². The summed E-state index contributed by atoms with van der Waals surface area (Å²) in [4.78, 5) is 0.309. The molecule has 0 amide bonds. The van der Waals surface area contributed by atoms with E-state index in [9.17, 15) is 13.5 Å². The van der Waals surface area contributed by atoms with Gasteiger partial charge in [-0.05, 0) is 49.4 Å². The predicted octanol–water partition coefficient (Wildman–Crippen LogP) is 3.45. The average Bonchev–Trinajstić information content (AvgIpc) is 2.53. The second-order valence-corrected chi connectivity index (χ2v) is 8.28. The van der Waals surface area contributed by atoms with Crippen LogP contribution in [-0.4, -0.2) is 25.8 Å². The highest BCUT2D eigenvalue weighted by atomic mass is 32.2. The summed E-state index contributed by atoms with van der Waals surface area (Å²) in [5.41, 5.74) is 6.08. The Labute approximate surface area is 141 Å². The van der Waals surface area contributed by atoms with Crippen LogP contribution in [-0.2, 0) is 9.84 Å². The smallest absolute Gasteiger partial charge is 0.178 e. The highest BCUT2D eigenvalue weighted by Crippen LogP contribution is 2.24. The molecule has 0 fully saturated rings. The van der Waals surface area contributed by atoms with Crippen LogP contribution in [0.1, 0.15) is 64.0 Å². The molecule has 5 heteroatoms. The Hall–Kier alpha value is -0.910. The lowest BCUT2D eigenvalue weighted by Gasteiger charge is -2.17. The van der Waals surface area contributed by atoms with Gasteiger partial charge >= 0.3 is 0 Å². The predicted molar refractivity (Wildman–Crippen MR) is 95.0 cm³/mol. The van der Waals surface area contributed by atoms with Gasteiger partial charge in [0.25, 0.3) is 0 Å². The van der Waals surface area contributed by atoms with E-state index in [1.807, 2.05) is 0 Å². The number of aliphatic hydroxyl groups is 1. The lowest BCUT2D eigenvalue weighted by atomic mass is 9.99. The van der Waals surface area contributed by atoms with Crippen LogP contribution in [0.4, 0.5) is 0 Å². The fourth-order valence-corrected chi connectivity index (χ4v) is 4.61. The molecule has 0 aliphatic rings. The molecule has 0 spiro atoms. The van der Waals surface area contributed by atoms with Crippen molar-refractivity contribution in [2.45, 2.75) is 63.4 Å². The summed E-state index contributed by atoms with van der Waals surface area (Å²) >= 11 is 0. The lowest BCUT2D eigenvalue weighted by Crippen LogP contribution is -2.17. The second kappa shape index (κ2) is 10.1. The molecule has 3 N–H and O–H groups in total. The minimum absolute atomic E-state index is 0.192. The minimum Gasteiger partial charge on any atom is -0.388 e. The summed E-state index contributed by atoms with van der Waals surface area (Å²) < 4.78 is 25.4. The van der Waals surface area contributed by atoms with Gasteiger partial charge < -0.3 is 10.8 Å². The van der Waals surface area contributed by atoms with Crippen LogP contribution < -0.4 is 5.73 Å². The molecule has 0 aliphatic heterocycles. The third-order valence-electron chi connectivity index (χ3n) is 4.16. The van der Waals surface area contributed by atoms with Crippen molar-refractivity contribution < 1.29 is 13.5 Å². The molecule has 0 radical (unpaired) electrons. The molecule has 0 bridgehead atoms. The van der Waals surface area contributed by atoms with Gasteiger partial charge in [0, 0.05) is 0 Å². The molecule has 1 aromatic rings. The Bertz CT molecular complexity index is 557. The first-order valence-corrected chi connectivity index (χ1v) is 10.3. The number of nitrogens with two attached hydrogens (primary N) is 1. The van der Waals surface area contributed by atoms with E-state index in [-0.39, 0.29) is 11.7 Å². The van der Waals surface area contributed by atoms with Crippen molar-refractivity contribution in [1.82, 2.24) is 0 Å². The number of unbranched alkanes of at least 4 members (excludes halogenated alkanes) is 1. The van der Waals surface area contributed by atoms with E-state index in [4.69, 9.17) is 5.73 Å². The summed E-state index contributed by atoms with van der Waals surface area (Å²) in [5.74, 6) is 0.402. The van der Waals surface area contributed by atoms with E-state index < -0.39 is 15.9 Å². The summed E-state index contributed by atoms with van der Waals surface area (Å²) in [5, 5.41) is 10.0. The van der Waals surface area contributed by atoms with Crippen LogP contribution in [0, 0.1) is 5.92 Å². The molecule has 0 saturated carbocycles. The quantitative estimate of drug-likeness (QED) is 0.646. The summed E-state index contributed by atoms with van der Waals surface area (Å²) in [7, 11) is -3.33. The maximum absolute atomic E-state index is 12.7. The van der Waals surface area contributed by atoms with E-state index in [1.165, 1.54) is 0 Å². The summed E-state index contributed by atoms with van der Waals surface area (Å²) in [6.07, 6.45) is 4.77. The van der Waals surface area contributed by atoms with Gasteiger partial charge in [-0.2, -0.15) is 0 Å². The third-order valence-corrected chi connectivity index (χ3v) is 6.04. The standard InChI is InChI=1S/C18H31NO3S/c1-3-5-8-15(7-4-2)14-23(21,22)17-10-6-9-16(13-17)18(20)11-12-19/h6,9-10,13,15,18,20H,3-5,7-8,11-12,14,19H2,1-2H3/t15-,18+/m0/s1. The number of hydrogen-bond acceptors (Lipinski definition) is 4. The van der Waals surface area contributed by atoms with Crippen molar-refractivity contribution in [3.63, 3.8) is 0 Å². The lowest BCUT2D eigenvalue weighted by molar-refractivity contribution is 0.170. The monoisotopic (exact) mass is 341 g/mol. The van der Waals surface area contributed by atoms with Gasteiger partial charge in [0.15, 0.2) is 9.84 Å². The van der Waals surface area contributed by atoms with Gasteiger partial charge in [-0.25, -0.2) is 8.42 Å². The number of rotatable bonds is 11. The molecule has 4 nitrogen and oxygen atoms in total. The molecule has 0 aromatic heterocycles. The van der Waals surface area contributed by atoms with E-state index in [1.54, 1.807) is 24.3 Å². The Balaban J connectivity index is 2.91. The zero-order valence-electron chi connectivity index (χ0n) is 14.4. The molecule has 1 rings (SSSR count). The molecule has 2 atom stereocenters. The van der Waals surface area contributed by atoms with Gasteiger partial charge in [0.1, 0.15) is 0 Å². The largest absolute Gasteiger partial charge is 0.388 e. The second-order valence-electron chi connectivity index (χ2n) is 6.24. The number of hydrogen-bond donors (Lipinski definition) is 2. The van der Waals surface area contributed by atoms with Gasteiger partial charge in [-0.3, -0.25) is 0 Å². The van der Waals surface area contributed by atoms with Gasteiger partial charge in [-0.1, -0.05) is 45.2 Å². The fourth-order valence-electron chi connectivity index (χ4n) is 2.86. The Morgan fingerprint density at radius 2 is 1.87 bits per heavy atom. The topological polar surface area (TPSA) is 80.4 Å². The number of benzene rings is 1. The maximum Gasteiger partial charge on any atom is 0.178 e. The Kier molecular flexibility index (Phi) is 8.81. The normalized spacial score (nSPS) is 14.6. The maximum atomic E-state index is 12.7. The van der Waals surface area contributed by atoms with E-state index in [0.29, 0.717) is 23.4 Å². The van der Waals surface area contributed by atoms with Crippen molar-refractivity contribution in [1.29, 1.82) is 0 Å². The molecule has 1 aromatic carbocycles. The fraction of sp³-hybridized carbons (Fsp3) is 0.667. The third kappa shape index (κ3) is 6.61. The first-order valence-electron chi connectivity index (χ1n) is 8.65. The summed E-state index contributed by atoms with van der Waals surface area (Å²) in [6, 6.07) is 6.66. The van der Waals surface area contributed by atoms with Gasteiger partial charge in [-0.15, -0.1) is 0 Å². The van der Waals surface area contributed by atoms with Crippen molar-refractivity contribution in [3.05, 3.63) is 29.8 Å². The first kappa shape index (κ1) is 20.1. The summed E-state index contributed by atoms with van der Waals surface area (Å²) in [6.45, 7) is 4.59. The van der Waals surface area contributed by atoms with Crippen LogP contribution in [0.15, 0.2) is 29.2 Å². The molecule has 132 valence electrons. The number of aliphatic hydroxyl groups excluding tert-OH is 1. The van der Waals surface area contributed by atoms with Crippen molar-refractivity contribution >= 4 is 9.84 Å². The molecule has 23 heavy (non-hydrogen) atoms.